The number of benzene rings is 2. The molecule has 2 aromatic carbocycles. The van der Waals surface area contributed by atoms with E-state index in [-0.39, 0.29) is 42.6 Å². The van der Waals surface area contributed by atoms with Gasteiger partial charge < -0.3 is 15.5 Å². The zero-order chi connectivity index (χ0) is 24.6. The predicted molar refractivity (Wildman–Crippen MR) is 129 cm³/mol. The summed E-state index contributed by atoms with van der Waals surface area (Å²) in [6.45, 7) is 4.65. The van der Waals surface area contributed by atoms with Gasteiger partial charge in [-0.2, -0.15) is 0 Å². The Kier molecular flexibility index (Phi) is 6.61. The van der Waals surface area contributed by atoms with Crippen molar-refractivity contribution in [2.45, 2.75) is 51.7 Å². The molecule has 0 aliphatic carbocycles. The third-order valence-corrected chi connectivity index (χ3v) is 6.57. The Hall–Kier alpha value is -3.39. The highest BCUT2D eigenvalue weighted by Gasteiger charge is 2.41. The Balaban J connectivity index is 1.41. The number of imide groups is 1. The lowest BCUT2D eigenvalue weighted by atomic mass is 10.0. The van der Waals surface area contributed by atoms with E-state index in [4.69, 9.17) is 11.6 Å². The van der Waals surface area contributed by atoms with Crippen LogP contribution >= 0.6 is 11.6 Å². The average Bonchev–Trinajstić information content (AvgIpc) is 3.11. The Morgan fingerprint density at radius 1 is 1.15 bits per heavy atom. The summed E-state index contributed by atoms with van der Waals surface area (Å²) in [5.41, 5.74) is 3.83. The van der Waals surface area contributed by atoms with E-state index < -0.39 is 6.04 Å². The maximum absolute atomic E-state index is 12.9. The van der Waals surface area contributed by atoms with Crippen LogP contribution in [0.25, 0.3) is 0 Å². The molecule has 2 N–H and O–H groups in total. The first-order valence-corrected chi connectivity index (χ1v) is 11.6. The third kappa shape index (κ3) is 4.63. The molecule has 0 spiro atoms. The van der Waals surface area contributed by atoms with Crippen molar-refractivity contribution in [2.24, 2.45) is 0 Å². The monoisotopic (exact) mass is 482 g/mol. The van der Waals surface area contributed by atoms with Crippen LogP contribution in [-0.2, 0) is 22.7 Å². The fourth-order valence-corrected chi connectivity index (χ4v) is 4.61. The van der Waals surface area contributed by atoms with Gasteiger partial charge in [-0.1, -0.05) is 43.6 Å². The van der Waals surface area contributed by atoms with Crippen molar-refractivity contribution in [3.63, 3.8) is 0 Å². The number of amides is 5. The van der Waals surface area contributed by atoms with Crippen molar-refractivity contribution < 1.29 is 19.2 Å². The van der Waals surface area contributed by atoms with Crippen molar-refractivity contribution in [2.75, 3.05) is 12.4 Å². The van der Waals surface area contributed by atoms with Gasteiger partial charge >= 0.3 is 6.03 Å². The van der Waals surface area contributed by atoms with E-state index in [0.29, 0.717) is 29.2 Å². The molecule has 0 saturated carbocycles. The van der Waals surface area contributed by atoms with Crippen LogP contribution in [0.5, 0.6) is 0 Å². The number of likely N-dealkylation sites (tertiary alicyclic amines) is 1. The SMILES string of the molecule is CC(C)c1ccc(Cl)cc1NC(=O)NCc1ccc2c(c1)CN(C1CCC(=O)N(C)C1=O)C2=O. The fraction of sp³-hybridized carbons (Fsp3) is 0.360. The highest BCUT2D eigenvalue weighted by Crippen LogP contribution is 2.30. The molecule has 9 heteroatoms. The smallest absolute Gasteiger partial charge is 0.319 e. The average molecular weight is 483 g/mol. The Bertz CT molecular complexity index is 1180. The molecule has 2 heterocycles. The lowest BCUT2D eigenvalue weighted by molar-refractivity contribution is -0.150. The molecule has 2 aliphatic heterocycles. The summed E-state index contributed by atoms with van der Waals surface area (Å²) in [5.74, 6) is -0.567. The molecular weight excluding hydrogens is 456 g/mol. The summed E-state index contributed by atoms with van der Waals surface area (Å²) in [6.07, 6.45) is 0.570. The first-order valence-electron chi connectivity index (χ1n) is 11.2. The standard InChI is InChI=1S/C25H27ClN4O4/c1-14(2)18-7-5-17(26)11-20(18)28-25(34)27-12-15-4-6-19-16(10-15)13-30(23(19)32)21-8-9-22(31)29(3)24(21)33/h4-7,10-11,14,21H,8-9,12-13H2,1-3H3,(H2,27,28,34). The first kappa shape index (κ1) is 23.8. The van der Waals surface area contributed by atoms with E-state index in [2.05, 4.69) is 10.6 Å². The summed E-state index contributed by atoms with van der Waals surface area (Å²) in [6, 6.07) is 9.81. The molecule has 1 fully saturated rings. The summed E-state index contributed by atoms with van der Waals surface area (Å²) < 4.78 is 0. The number of halogens is 1. The van der Waals surface area contributed by atoms with Crippen molar-refractivity contribution in [1.82, 2.24) is 15.1 Å². The van der Waals surface area contributed by atoms with Gasteiger partial charge in [0.1, 0.15) is 6.04 Å². The van der Waals surface area contributed by atoms with Crippen LogP contribution in [0.15, 0.2) is 36.4 Å². The van der Waals surface area contributed by atoms with Crippen LogP contribution in [0.3, 0.4) is 0 Å². The molecule has 8 nitrogen and oxygen atoms in total. The molecule has 4 rings (SSSR count). The molecule has 1 unspecified atom stereocenters. The minimum absolute atomic E-state index is 0.212. The molecule has 2 aliphatic rings. The number of anilines is 1. The quantitative estimate of drug-likeness (QED) is 0.631. The van der Waals surface area contributed by atoms with E-state index in [9.17, 15) is 19.2 Å². The lowest BCUT2D eigenvalue weighted by Gasteiger charge is -2.33. The van der Waals surface area contributed by atoms with Crippen LogP contribution < -0.4 is 10.6 Å². The van der Waals surface area contributed by atoms with Crippen LogP contribution in [-0.4, -0.2) is 46.6 Å². The van der Waals surface area contributed by atoms with Crippen molar-refractivity contribution in [1.29, 1.82) is 0 Å². The maximum Gasteiger partial charge on any atom is 0.319 e. The normalized spacial score (nSPS) is 17.9. The van der Waals surface area contributed by atoms with E-state index in [1.807, 2.05) is 26.0 Å². The van der Waals surface area contributed by atoms with Crippen molar-refractivity contribution >= 4 is 41.0 Å². The van der Waals surface area contributed by atoms with E-state index >= 15 is 0 Å². The zero-order valence-electron chi connectivity index (χ0n) is 19.4. The summed E-state index contributed by atoms with van der Waals surface area (Å²) >= 11 is 6.09. The van der Waals surface area contributed by atoms with E-state index in [1.165, 1.54) is 11.9 Å². The summed E-state index contributed by atoms with van der Waals surface area (Å²) in [4.78, 5) is 52.4. The number of hydrogen-bond donors (Lipinski definition) is 2. The van der Waals surface area contributed by atoms with E-state index in [0.717, 1.165) is 21.6 Å². The molecular formula is C25H27ClN4O4. The minimum atomic E-state index is -0.636. The van der Waals surface area contributed by atoms with Gasteiger partial charge in [-0.05, 0) is 47.2 Å². The Morgan fingerprint density at radius 3 is 2.65 bits per heavy atom. The molecule has 1 atom stereocenters. The second-order valence-electron chi connectivity index (χ2n) is 8.96. The van der Waals surface area contributed by atoms with Gasteiger partial charge in [-0.15, -0.1) is 0 Å². The van der Waals surface area contributed by atoms with E-state index in [1.54, 1.807) is 24.3 Å². The maximum atomic E-state index is 12.9. The molecule has 0 bridgehead atoms. The zero-order valence-corrected chi connectivity index (χ0v) is 20.1. The number of rotatable bonds is 5. The molecule has 0 aromatic heterocycles. The lowest BCUT2D eigenvalue weighted by Crippen LogP contribution is -2.53. The number of hydrogen-bond acceptors (Lipinski definition) is 4. The molecule has 5 amide bonds. The van der Waals surface area contributed by atoms with Gasteiger partial charge in [-0.25, -0.2) is 4.79 Å². The second-order valence-corrected chi connectivity index (χ2v) is 9.40. The Morgan fingerprint density at radius 2 is 1.91 bits per heavy atom. The molecule has 1 saturated heterocycles. The molecule has 178 valence electrons. The topological polar surface area (TPSA) is 98.8 Å². The van der Waals surface area contributed by atoms with Gasteiger partial charge in [0.05, 0.1) is 0 Å². The van der Waals surface area contributed by atoms with Gasteiger partial charge in [0.2, 0.25) is 5.91 Å². The summed E-state index contributed by atoms with van der Waals surface area (Å²) in [5, 5.41) is 6.24. The molecule has 0 radical (unpaired) electrons. The largest absolute Gasteiger partial charge is 0.334 e. The van der Waals surface area contributed by atoms with Crippen molar-refractivity contribution in [3.05, 3.63) is 63.7 Å². The van der Waals surface area contributed by atoms with Crippen LogP contribution in [0.2, 0.25) is 5.02 Å². The number of fused-ring (bicyclic) bond motifs is 1. The minimum Gasteiger partial charge on any atom is -0.334 e. The first-order chi connectivity index (χ1) is 16.2. The number of likely N-dealkylation sites (N-methyl/N-ethyl adjacent to an activating group) is 1. The fourth-order valence-electron chi connectivity index (χ4n) is 4.43. The third-order valence-electron chi connectivity index (χ3n) is 6.34. The number of nitrogens with one attached hydrogen (secondary N) is 2. The van der Waals surface area contributed by atoms with Crippen LogP contribution in [0, 0.1) is 0 Å². The van der Waals surface area contributed by atoms with Crippen molar-refractivity contribution in [3.8, 4) is 0 Å². The number of urea groups is 1. The van der Waals surface area contributed by atoms with Crippen LogP contribution in [0.1, 0.15) is 59.7 Å². The summed E-state index contributed by atoms with van der Waals surface area (Å²) in [7, 11) is 1.45. The van der Waals surface area contributed by atoms with Crippen LogP contribution in [0.4, 0.5) is 10.5 Å². The molecule has 34 heavy (non-hydrogen) atoms. The molecule has 2 aromatic rings. The van der Waals surface area contributed by atoms with Gasteiger partial charge in [0.15, 0.2) is 0 Å². The van der Waals surface area contributed by atoms with Gasteiger partial charge in [0.25, 0.3) is 11.8 Å². The number of nitrogens with zero attached hydrogens (tertiary/aromatic N) is 2. The van der Waals surface area contributed by atoms with Gasteiger partial charge in [-0.3, -0.25) is 19.3 Å². The predicted octanol–water partition coefficient (Wildman–Crippen LogP) is 3.89. The number of carbonyl (C=O) groups excluding carboxylic acids is 4. The van der Waals surface area contributed by atoms with Gasteiger partial charge in [0, 0.05) is 42.8 Å². The number of carbonyl (C=O) groups is 4. The second kappa shape index (κ2) is 9.46. The highest BCUT2D eigenvalue weighted by molar-refractivity contribution is 6.31. The Labute approximate surface area is 203 Å². The highest BCUT2D eigenvalue weighted by atomic mass is 35.5. The number of piperidine rings is 1.